The van der Waals surface area contributed by atoms with Gasteiger partial charge in [0.05, 0.1) is 18.6 Å². The Bertz CT molecular complexity index is 1050. The smallest absolute Gasteiger partial charge is 0.245 e. The van der Waals surface area contributed by atoms with Gasteiger partial charge in [0.1, 0.15) is 11.9 Å². The molecule has 1 amide bonds. The first-order valence-corrected chi connectivity index (χ1v) is 13.1. The molecule has 1 atom stereocenters. The van der Waals surface area contributed by atoms with Crippen molar-refractivity contribution < 1.29 is 17.9 Å². The van der Waals surface area contributed by atoms with Crippen LogP contribution in [0.25, 0.3) is 0 Å². The molecule has 2 aromatic rings. The van der Waals surface area contributed by atoms with Crippen LogP contribution in [0.3, 0.4) is 0 Å². The normalized spacial score (nSPS) is 20.5. The van der Waals surface area contributed by atoms with Crippen LogP contribution < -0.4 is 4.74 Å². The maximum Gasteiger partial charge on any atom is 0.245 e. The highest BCUT2D eigenvalue weighted by Gasteiger charge is 2.41. The highest BCUT2D eigenvalue weighted by Crippen LogP contribution is 2.35. The van der Waals surface area contributed by atoms with E-state index in [-0.39, 0.29) is 10.8 Å². The Morgan fingerprint density at radius 2 is 1.58 bits per heavy atom. The van der Waals surface area contributed by atoms with E-state index in [1.54, 1.807) is 36.3 Å². The number of aryl methyl sites for hydroxylation is 1. The van der Waals surface area contributed by atoms with Crippen LogP contribution in [0.5, 0.6) is 5.75 Å². The first kappa shape index (κ1) is 23.7. The monoisotopic (exact) mass is 471 g/mol. The predicted octanol–water partition coefficient (Wildman–Crippen LogP) is 3.41. The number of methoxy groups -OCH3 is 1. The molecule has 0 aliphatic carbocycles. The van der Waals surface area contributed by atoms with Crippen LogP contribution in [0.1, 0.15) is 43.0 Å². The molecule has 4 rings (SSSR count). The third-order valence-electron chi connectivity index (χ3n) is 6.51. The molecule has 0 aromatic heterocycles. The van der Waals surface area contributed by atoms with Gasteiger partial charge in [-0.2, -0.15) is 4.31 Å². The zero-order valence-electron chi connectivity index (χ0n) is 19.4. The van der Waals surface area contributed by atoms with Crippen LogP contribution in [-0.2, 0) is 14.8 Å². The fourth-order valence-corrected chi connectivity index (χ4v) is 6.30. The van der Waals surface area contributed by atoms with E-state index in [4.69, 9.17) is 4.74 Å². The molecule has 2 heterocycles. The van der Waals surface area contributed by atoms with Crippen molar-refractivity contribution in [1.82, 2.24) is 14.1 Å². The van der Waals surface area contributed by atoms with E-state index in [1.807, 2.05) is 31.2 Å². The fourth-order valence-electron chi connectivity index (χ4n) is 4.68. The van der Waals surface area contributed by atoms with Gasteiger partial charge in [-0.05, 0) is 69.1 Å². The standard InChI is InChI=1S/C25H33N3O4S/c1-20-7-13-23(14-8-20)33(30,31)28-18-6-17-27(24(29)19-26-15-4-3-5-16-26)25(28)21-9-11-22(32-2)12-10-21/h7-14,25H,3-6,15-19H2,1-2H3. The van der Waals surface area contributed by atoms with E-state index in [1.165, 1.54) is 10.7 Å². The molecule has 2 fully saturated rings. The predicted molar refractivity (Wildman–Crippen MR) is 127 cm³/mol. The van der Waals surface area contributed by atoms with Crippen molar-refractivity contribution >= 4 is 15.9 Å². The second kappa shape index (κ2) is 10.2. The number of nitrogens with zero attached hydrogens (tertiary/aromatic N) is 3. The van der Waals surface area contributed by atoms with Gasteiger partial charge in [-0.15, -0.1) is 0 Å². The van der Waals surface area contributed by atoms with E-state index in [0.29, 0.717) is 31.8 Å². The van der Waals surface area contributed by atoms with Gasteiger partial charge in [0, 0.05) is 13.1 Å². The second-order valence-corrected chi connectivity index (χ2v) is 10.7. The lowest BCUT2D eigenvalue weighted by molar-refractivity contribution is -0.139. The Labute approximate surface area is 197 Å². The van der Waals surface area contributed by atoms with Crippen molar-refractivity contribution in [3.63, 3.8) is 0 Å². The van der Waals surface area contributed by atoms with E-state index < -0.39 is 16.2 Å². The van der Waals surface area contributed by atoms with Gasteiger partial charge in [0.15, 0.2) is 0 Å². The number of benzene rings is 2. The number of ether oxygens (including phenoxy) is 1. The van der Waals surface area contributed by atoms with Crippen molar-refractivity contribution in [1.29, 1.82) is 0 Å². The zero-order chi connectivity index (χ0) is 23.4. The van der Waals surface area contributed by atoms with Crippen molar-refractivity contribution in [2.45, 2.75) is 43.7 Å². The number of rotatable bonds is 6. The molecule has 0 N–H and O–H groups in total. The number of hydrogen-bond acceptors (Lipinski definition) is 5. The van der Waals surface area contributed by atoms with Gasteiger partial charge < -0.3 is 9.64 Å². The number of hydrogen-bond donors (Lipinski definition) is 0. The summed E-state index contributed by atoms with van der Waals surface area (Å²) >= 11 is 0. The van der Waals surface area contributed by atoms with E-state index in [2.05, 4.69) is 4.90 Å². The Hall–Kier alpha value is -2.42. The molecule has 33 heavy (non-hydrogen) atoms. The third kappa shape index (κ3) is 5.23. The minimum absolute atomic E-state index is 0.0264. The van der Waals surface area contributed by atoms with Crippen LogP contribution in [0.2, 0.25) is 0 Å². The SMILES string of the molecule is COc1ccc(C2N(C(=O)CN3CCCCC3)CCCN2S(=O)(=O)c2ccc(C)cc2)cc1. The second-order valence-electron chi connectivity index (χ2n) is 8.85. The number of likely N-dealkylation sites (tertiary alicyclic amines) is 1. The van der Waals surface area contributed by atoms with Crippen molar-refractivity contribution in [2.75, 3.05) is 39.8 Å². The van der Waals surface area contributed by atoms with Gasteiger partial charge >= 0.3 is 0 Å². The molecule has 0 spiro atoms. The highest BCUT2D eigenvalue weighted by atomic mass is 32.2. The topological polar surface area (TPSA) is 70.2 Å². The van der Waals surface area contributed by atoms with Crippen LogP contribution >= 0.6 is 0 Å². The number of piperidine rings is 1. The summed E-state index contributed by atoms with van der Waals surface area (Å²) in [4.78, 5) is 17.6. The average molecular weight is 472 g/mol. The molecule has 2 aliphatic heterocycles. The quantitative estimate of drug-likeness (QED) is 0.646. The van der Waals surface area contributed by atoms with E-state index in [0.717, 1.165) is 37.1 Å². The summed E-state index contributed by atoms with van der Waals surface area (Å²) < 4.78 is 34.2. The largest absolute Gasteiger partial charge is 0.497 e. The number of carbonyl (C=O) groups is 1. The molecular formula is C25H33N3O4S. The molecule has 2 aromatic carbocycles. The first-order chi connectivity index (χ1) is 15.9. The minimum atomic E-state index is -3.80. The number of amides is 1. The van der Waals surface area contributed by atoms with Crippen LogP contribution in [0, 0.1) is 6.92 Å². The van der Waals surface area contributed by atoms with E-state index >= 15 is 0 Å². The van der Waals surface area contributed by atoms with Crippen LogP contribution in [0.15, 0.2) is 53.4 Å². The Morgan fingerprint density at radius 1 is 0.909 bits per heavy atom. The maximum atomic E-state index is 13.7. The summed E-state index contributed by atoms with van der Waals surface area (Å²) in [5.74, 6) is 0.662. The Morgan fingerprint density at radius 3 is 2.21 bits per heavy atom. The lowest BCUT2D eigenvalue weighted by Gasteiger charge is -2.44. The molecule has 7 nitrogen and oxygen atoms in total. The molecule has 0 bridgehead atoms. The Kier molecular flexibility index (Phi) is 7.36. The molecule has 1 unspecified atom stereocenters. The van der Waals surface area contributed by atoms with Gasteiger partial charge in [-0.25, -0.2) is 8.42 Å². The number of sulfonamides is 1. The van der Waals surface area contributed by atoms with Crippen molar-refractivity contribution in [2.24, 2.45) is 0 Å². The highest BCUT2D eigenvalue weighted by molar-refractivity contribution is 7.89. The lowest BCUT2D eigenvalue weighted by atomic mass is 10.1. The summed E-state index contributed by atoms with van der Waals surface area (Å²) in [6.45, 7) is 4.98. The van der Waals surface area contributed by atoms with Crippen molar-refractivity contribution in [3.8, 4) is 5.75 Å². The summed E-state index contributed by atoms with van der Waals surface area (Å²) in [5.41, 5.74) is 1.76. The van der Waals surface area contributed by atoms with Crippen LogP contribution in [0.4, 0.5) is 0 Å². The average Bonchev–Trinajstić information content (AvgIpc) is 2.84. The lowest BCUT2D eigenvalue weighted by Crippen LogP contribution is -2.54. The minimum Gasteiger partial charge on any atom is -0.497 e. The molecular weight excluding hydrogens is 438 g/mol. The van der Waals surface area contributed by atoms with E-state index in [9.17, 15) is 13.2 Å². The summed E-state index contributed by atoms with van der Waals surface area (Å²) in [5, 5.41) is 0. The molecule has 2 aliphatic rings. The molecule has 0 saturated carbocycles. The third-order valence-corrected chi connectivity index (χ3v) is 8.38. The molecule has 0 radical (unpaired) electrons. The van der Waals surface area contributed by atoms with Gasteiger partial charge in [-0.3, -0.25) is 9.69 Å². The molecule has 2 saturated heterocycles. The Balaban J connectivity index is 1.69. The zero-order valence-corrected chi connectivity index (χ0v) is 20.3. The molecule has 8 heteroatoms. The van der Waals surface area contributed by atoms with Gasteiger partial charge in [-0.1, -0.05) is 36.2 Å². The fraction of sp³-hybridized carbons (Fsp3) is 0.480. The van der Waals surface area contributed by atoms with Gasteiger partial charge in [0.2, 0.25) is 15.9 Å². The summed E-state index contributed by atoms with van der Waals surface area (Å²) in [6.07, 6.45) is 3.31. The van der Waals surface area contributed by atoms with Gasteiger partial charge in [0.25, 0.3) is 0 Å². The van der Waals surface area contributed by atoms with Crippen LogP contribution in [-0.4, -0.2) is 68.3 Å². The summed E-state index contributed by atoms with van der Waals surface area (Å²) in [7, 11) is -2.20. The van der Waals surface area contributed by atoms with Crippen molar-refractivity contribution in [3.05, 3.63) is 59.7 Å². The first-order valence-electron chi connectivity index (χ1n) is 11.6. The summed E-state index contributed by atoms with van der Waals surface area (Å²) in [6, 6.07) is 14.2. The molecule has 178 valence electrons. The maximum absolute atomic E-state index is 13.7. The number of carbonyl (C=O) groups excluding carboxylic acids is 1.